The number of carbonyl (C=O) groups is 1. The molecule has 0 saturated carbocycles. The Balaban J connectivity index is 1.67. The first kappa shape index (κ1) is 13.9. The van der Waals surface area contributed by atoms with Gasteiger partial charge in [0.25, 0.3) is 5.91 Å². The zero-order valence-corrected chi connectivity index (χ0v) is 12.3. The van der Waals surface area contributed by atoms with E-state index in [9.17, 15) is 4.79 Å². The number of nitrogens with one attached hydrogen (secondary N) is 1. The summed E-state index contributed by atoms with van der Waals surface area (Å²) in [7, 11) is 0. The van der Waals surface area contributed by atoms with Crippen molar-refractivity contribution in [3.8, 4) is 0 Å². The Morgan fingerprint density at radius 1 is 1.19 bits per heavy atom. The lowest BCUT2D eigenvalue weighted by atomic mass is 10.3. The molecule has 1 fully saturated rings. The number of nitrogens with zero attached hydrogens (tertiary/aromatic N) is 4. The van der Waals surface area contributed by atoms with E-state index in [-0.39, 0.29) is 5.91 Å². The summed E-state index contributed by atoms with van der Waals surface area (Å²) in [5, 5.41) is 0.549. The van der Waals surface area contributed by atoms with Crippen LogP contribution in [0.15, 0.2) is 30.7 Å². The third-order valence-electron chi connectivity index (χ3n) is 3.50. The van der Waals surface area contributed by atoms with Crippen LogP contribution in [0.25, 0.3) is 0 Å². The Morgan fingerprint density at radius 2 is 2.00 bits per heavy atom. The summed E-state index contributed by atoms with van der Waals surface area (Å²) in [6.45, 7) is 2.94. The number of H-pyrrole nitrogens is 1. The Morgan fingerprint density at radius 3 is 2.71 bits per heavy atom. The highest BCUT2D eigenvalue weighted by Crippen LogP contribution is 2.15. The molecule has 0 unspecified atom stereocenters. The van der Waals surface area contributed by atoms with Crippen molar-refractivity contribution in [1.82, 2.24) is 19.9 Å². The topological polar surface area (TPSA) is 65.1 Å². The molecule has 2 aromatic rings. The van der Waals surface area contributed by atoms with Crippen LogP contribution in [-0.2, 0) is 0 Å². The summed E-state index contributed by atoms with van der Waals surface area (Å²) in [6, 6.07) is 3.46. The minimum absolute atomic E-state index is 0.0160. The van der Waals surface area contributed by atoms with Crippen molar-refractivity contribution in [2.75, 3.05) is 31.1 Å². The number of amides is 1. The van der Waals surface area contributed by atoms with Gasteiger partial charge in [0.1, 0.15) is 5.69 Å². The lowest BCUT2D eigenvalue weighted by Gasteiger charge is -2.21. The number of hydrogen-bond donors (Lipinski definition) is 1. The molecule has 7 heteroatoms. The van der Waals surface area contributed by atoms with Crippen LogP contribution >= 0.6 is 11.6 Å². The van der Waals surface area contributed by atoms with E-state index in [0.29, 0.717) is 17.3 Å². The molecule has 2 aromatic heterocycles. The van der Waals surface area contributed by atoms with E-state index in [4.69, 9.17) is 11.6 Å². The van der Waals surface area contributed by atoms with Gasteiger partial charge in [-0.1, -0.05) is 11.6 Å². The largest absolute Gasteiger partial charge is 0.356 e. The maximum Gasteiger partial charge on any atom is 0.270 e. The third kappa shape index (κ3) is 3.16. The molecular weight excluding hydrogens is 290 g/mol. The van der Waals surface area contributed by atoms with E-state index in [0.717, 1.165) is 32.0 Å². The lowest BCUT2D eigenvalue weighted by Crippen LogP contribution is -2.35. The van der Waals surface area contributed by atoms with E-state index in [2.05, 4.69) is 19.9 Å². The van der Waals surface area contributed by atoms with Crippen LogP contribution in [0.2, 0.25) is 5.02 Å². The maximum atomic E-state index is 12.4. The minimum atomic E-state index is -0.0160. The summed E-state index contributed by atoms with van der Waals surface area (Å²) in [4.78, 5) is 27.8. The van der Waals surface area contributed by atoms with Gasteiger partial charge in [-0.3, -0.25) is 4.79 Å². The van der Waals surface area contributed by atoms with E-state index in [1.807, 2.05) is 4.90 Å². The SMILES string of the molecule is O=C(c1cc(Cl)c[nH]1)N1CCCN(c2ncccn2)CC1. The predicted octanol–water partition coefficient (Wildman–Crippen LogP) is 1.81. The number of hydrogen-bond acceptors (Lipinski definition) is 4. The molecular formula is C14H16ClN5O. The molecule has 0 atom stereocenters. The van der Waals surface area contributed by atoms with Gasteiger partial charge in [-0.05, 0) is 18.6 Å². The summed E-state index contributed by atoms with van der Waals surface area (Å²) in [5.74, 6) is 0.701. The van der Waals surface area contributed by atoms with Crippen molar-refractivity contribution >= 4 is 23.5 Å². The molecule has 21 heavy (non-hydrogen) atoms. The number of anilines is 1. The van der Waals surface area contributed by atoms with E-state index >= 15 is 0 Å². The zero-order chi connectivity index (χ0) is 14.7. The van der Waals surface area contributed by atoms with Gasteiger partial charge in [-0.15, -0.1) is 0 Å². The highest BCUT2D eigenvalue weighted by atomic mass is 35.5. The fourth-order valence-electron chi connectivity index (χ4n) is 2.44. The lowest BCUT2D eigenvalue weighted by molar-refractivity contribution is 0.0762. The second kappa shape index (κ2) is 6.13. The van der Waals surface area contributed by atoms with Crippen LogP contribution in [0, 0.1) is 0 Å². The summed E-state index contributed by atoms with van der Waals surface area (Å²) in [5.41, 5.74) is 0.532. The first-order valence-electron chi connectivity index (χ1n) is 6.89. The highest BCUT2D eigenvalue weighted by molar-refractivity contribution is 6.30. The van der Waals surface area contributed by atoms with Crippen molar-refractivity contribution in [1.29, 1.82) is 0 Å². The number of rotatable bonds is 2. The molecule has 110 valence electrons. The van der Waals surface area contributed by atoms with Crippen molar-refractivity contribution in [2.24, 2.45) is 0 Å². The average Bonchev–Trinajstić information content (AvgIpc) is 2.81. The molecule has 6 nitrogen and oxygen atoms in total. The second-order valence-corrected chi connectivity index (χ2v) is 5.35. The highest BCUT2D eigenvalue weighted by Gasteiger charge is 2.22. The van der Waals surface area contributed by atoms with Crippen molar-refractivity contribution in [3.63, 3.8) is 0 Å². The number of aromatic amines is 1. The Kier molecular flexibility index (Phi) is 4.06. The Bertz CT molecular complexity index is 615. The summed E-state index contributed by atoms with van der Waals surface area (Å²) < 4.78 is 0. The molecule has 0 aromatic carbocycles. The Hall–Kier alpha value is -2.08. The first-order valence-corrected chi connectivity index (χ1v) is 7.27. The standard InChI is InChI=1S/C14H16ClN5O/c15-11-9-12(18-10-11)13(21)19-5-2-6-20(8-7-19)14-16-3-1-4-17-14/h1,3-4,9-10,18H,2,5-8H2. The van der Waals surface area contributed by atoms with Gasteiger partial charge in [0.2, 0.25) is 5.95 Å². The quantitative estimate of drug-likeness (QED) is 0.919. The second-order valence-electron chi connectivity index (χ2n) is 4.91. The number of aromatic nitrogens is 3. The van der Waals surface area contributed by atoms with Gasteiger partial charge >= 0.3 is 0 Å². The van der Waals surface area contributed by atoms with Gasteiger partial charge in [-0.25, -0.2) is 9.97 Å². The van der Waals surface area contributed by atoms with Crippen molar-refractivity contribution in [3.05, 3.63) is 41.4 Å². The third-order valence-corrected chi connectivity index (χ3v) is 3.71. The van der Waals surface area contributed by atoms with Crippen molar-refractivity contribution in [2.45, 2.75) is 6.42 Å². The molecule has 3 rings (SSSR count). The van der Waals surface area contributed by atoms with Crippen LogP contribution in [0.1, 0.15) is 16.9 Å². The van der Waals surface area contributed by atoms with Gasteiger partial charge in [0.15, 0.2) is 0 Å². The van der Waals surface area contributed by atoms with Crippen LogP contribution in [-0.4, -0.2) is 51.9 Å². The number of carbonyl (C=O) groups excluding carboxylic acids is 1. The summed E-state index contributed by atoms with van der Waals surface area (Å²) in [6.07, 6.45) is 5.98. The normalized spacial score (nSPS) is 15.9. The number of halogens is 1. The van der Waals surface area contributed by atoms with Gasteiger partial charge < -0.3 is 14.8 Å². The average molecular weight is 306 g/mol. The van der Waals surface area contributed by atoms with E-state index in [1.165, 1.54) is 0 Å². The fourth-order valence-corrected chi connectivity index (χ4v) is 2.60. The van der Waals surface area contributed by atoms with E-state index < -0.39 is 0 Å². The van der Waals surface area contributed by atoms with E-state index in [1.54, 1.807) is 30.7 Å². The monoisotopic (exact) mass is 305 g/mol. The van der Waals surface area contributed by atoms with Crippen LogP contribution in [0.4, 0.5) is 5.95 Å². The molecule has 1 aliphatic heterocycles. The molecule has 1 N–H and O–H groups in total. The first-order chi connectivity index (χ1) is 10.2. The predicted molar refractivity (Wildman–Crippen MR) is 80.6 cm³/mol. The van der Waals surface area contributed by atoms with Crippen LogP contribution < -0.4 is 4.90 Å². The molecule has 1 aliphatic rings. The van der Waals surface area contributed by atoms with Gasteiger partial charge in [0.05, 0.1) is 5.02 Å². The molecule has 0 spiro atoms. The van der Waals surface area contributed by atoms with Crippen LogP contribution in [0.3, 0.4) is 0 Å². The molecule has 1 saturated heterocycles. The van der Waals surface area contributed by atoms with Gasteiger partial charge in [-0.2, -0.15) is 0 Å². The fraction of sp³-hybridized carbons (Fsp3) is 0.357. The summed E-state index contributed by atoms with van der Waals surface area (Å²) >= 11 is 5.85. The van der Waals surface area contributed by atoms with Crippen molar-refractivity contribution < 1.29 is 4.79 Å². The van der Waals surface area contributed by atoms with Crippen LogP contribution in [0.5, 0.6) is 0 Å². The molecule has 0 radical (unpaired) electrons. The molecule has 1 amide bonds. The smallest absolute Gasteiger partial charge is 0.270 e. The Labute approximate surface area is 127 Å². The maximum absolute atomic E-state index is 12.4. The zero-order valence-electron chi connectivity index (χ0n) is 11.5. The molecule has 0 aliphatic carbocycles. The minimum Gasteiger partial charge on any atom is -0.356 e. The molecule has 0 bridgehead atoms. The van der Waals surface area contributed by atoms with Gasteiger partial charge in [0, 0.05) is 44.8 Å². The molecule has 3 heterocycles.